The fraction of sp³-hybridized carbons (Fsp3) is 0.529. The van der Waals surface area contributed by atoms with Gasteiger partial charge in [-0.3, -0.25) is 0 Å². The third-order valence-corrected chi connectivity index (χ3v) is 6.63. The summed E-state index contributed by atoms with van der Waals surface area (Å²) in [4.78, 5) is 6.21. The highest BCUT2D eigenvalue weighted by Gasteiger charge is 2.20. The van der Waals surface area contributed by atoms with Crippen LogP contribution in [0.5, 0.6) is 0 Å². The lowest BCUT2D eigenvalue weighted by Crippen LogP contribution is -2.21. The van der Waals surface area contributed by atoms with Crippen molar-refractivity contribution in [2.24, 2.45) is 0 Å². The number of nitrogens with one attached hydrogen (secondary N) is 1. The third kappa shape index (κ3) is 3.00. The number of likely N-dealkylation sites (N-methyl/N-ethyl adjacent to an activating group) is 1. The standard InChI is InChI=1S/C17H23NS2/c1-3-13-8-9-14(19-13)11-15(18-4-2)17-10-12-6-5-7-16(12)20-17/h8-10,15,18H,3-7,11H2,1-2H3. The molecule has 0 saturated carbocycles. The molecule has 0 aliphatic heterocycles. The van der Waals surface area contributed by atoms with Gasteiger partial charge in [-0.1, -0.05) is 13.8 Å². The molecular weight excluding hydrogens is 282 g/mol. The lowest BCUT2D eigenvalue weighted by atomic mass is 10.1. The molecule has 1 atom stereocenters. The number of hydrogen-bond donors (Lipinski definition) is 1. The van der Waals surface area contributed by atoms with Gasteiger partial charge in [0.25, 0.3) is 0 Å². The summed E-state index contributed by atoms with van der Waals surface area (Å²) in [7, 11) is 0. The van der Waals surface area contributed by atoms with Gasteiger partial charge in [0.2, 0.25) is 0 Å². The smallest absolute Gasteiger partial charge is 0.0463 e. The molecule has 20 heavy (non-hydrogen) atoms. The minimum Gasteiger partial charge on any atom is -0.309 e. The van der Waals surface area contributed by atoms with Crippen LogP contribution in [0.1, 0.15) is 51.4 Å². The van der Waals surface area contributed by atoms with Crippen molar-refractivity contribution in [1.29, 1.82) is 0 Å². The molecule has 0 fully saturated rings. The van der Waals surface area contributed by atoms with Crippen LogP contribution in [0.15, 0.2) is 18.2 Å². The Morgan fingerprint density at radius 3 is 2.70 bits per heavy atom. The topological polar surface area (TPSA) is 12.0 Å². The van der Waals surface area contributed by atoms with Gasteiger partial charge in [-0.25, -0.2) is 0 Å². The van der Waals surface area contributed by atoms with Crippen molar-refractivity contribution in [2.45, 2.75) is 52.0 Å². The van der Waals surface area contributed by atoms with E-state index in [1.807, 2.05) is 22.7 Å². The summed E-state index contributed by atoms with van der Waals surface area (Å²) in [5, 5.41) is 3.68. The second-order valence-electron chi connectivity index (χ2n) is 5.49. The summed E-state index contributed by atoms with van der Waals surface area (Å²) >= 11 is 4.02. The highest BCUT2D eigenvalue weighted by atomic mass is 32.1. The first kappa shape index (κ1) is 14.3. The van der Waals surface area contributed by atoms with E-state index in [-0.39, 0.29) is 0 Å². The normalized spacial score (nSPS) is 15.5. The quantitative estimate of drug-likeness (QED) is 0.812. The molecule has 0 aromatic carbocycles. The Labute approximate surface area is 130 Å². The Kier molecular flexibility index (Phi) is 4.59. The highest BCUT2D eigenvalue weighted by Crippen LogP contribution is 2.35. The Hall–Kier alpha value is -0.640. The molecular formula is C17H23NS2. The second-order valence-corrected chi connectivity index (χ2v) is 7.91. The van der Waals surface area contributed by atoms with Gasteiger partial charge < -0.3 is 5.32 Å². The van der Waals surface area contributed by atoms with Crippen LogP contribution in [-0.2, 0) is 25.7 Å². The number of aryl methyl sites for hydroxylation is 3. The van der Waals surface area contributed by atoms with Gasteiger partial charge in [0.05, 0.1) is 0 Å². The maximum atomic E-state index is 3.68. The van der Waals surface area contributed by atoms with E-state index in [2.05, 4.69) is 37.4 Å². The first-order valence-electron chi connectivity index (χ1n) is 7.72. The molecule has 0 radical (unpaired) electrons. The minimum absolute atomic E-state index is 0.499. The molecule has 3 heteroatoms. The van der Waals surface area contributed by atoms with Gasteiger partial charge in [0.15, 0.2) is 0 Å². The minimum atomic E-state index is 0.499. The number of hydrogen-bond acceptors (Lipinski definition) is 3. The van der Waals surface area contributed by atoms with Crippen LogP contribution in [0.4, 0.5) is 0 Å². The van der Waals surface area contributed by atoms with E-state index in [0.717, 1.165) is 19.4 Å². The average Bonchev–Trinajstić information content (AvgIpc) is 3.13. The van der Waals surface area contributed by atoms with Crippen molar-refractivity contribution in [2.75, 3.05) is 6.54 Å². The van der Waals surface area contributed by atoms with Gasteiger partial charge in [-0.15, -0.1) is 22.7 Å². The number of rotatable bonds is 6. The van der Waals surface area contributed by atoms with Crippen molar-refractivity contribution in [3.8, 4) is 0 Å². The van der Waals surface area contributed by atoms with Gasteiger partial charge in [-0.05, 0) is 56.0 Å². The van der Waals surface area contributed by atoms with Crippen LogP contribution < -0.4 is 5.32 Å². The van der Waals surface area contributed by atoms with Crippen molar-refractivity contribution in [3.63, 3.8) is 0 Å². The molecule has 1 aliphatic carbocycles. The lowest BCUT2D eigenvalue weighted by molar-refractivity contribution is 0.561. The summed E-state index contributed by atoms with van der Waals surface area (Å²) in [6.45, 7) is 5.49. The molecule has 3 rings (SSSR count). The van der Waals surface area contributed by atoms with Gasteiger partial charge in [0.1, 0.15) is 0 Å². The van der Waals surface area contributed by atoms with E-state index in [4.69, 9.17) is 0 Å². The van der Waals surface area contributed by atoms with Crippen LogP contribution in [0.25, 0.3) is 0 Å². The summed E-state index contributed by atoms with van der Waals surface area (Å²) in [6.07, 6.45) is 6.25. The van der Waals surface area contributed by atoms with E-state index >= 15 is 0 Å². The first-order valence-corrected chi connectivity index (χ1v) is 9.36. The zero-order valence-corrected chi connectivity index (χ0v) is 14.0. The lowest BCUT2D eigenvalue weighted by Gasteiger charge is -2.15. The Balaban J connectivity index is 1.77. The maximum absolute atomic E-state index is 3.68. The summed E-state index contributed by atoms with van der Waals surface area (Å²) in [5.74, 6) is 0. The predicted molar refractivity (Wildman–Crippen MR) is 90.2 cm³/mol. The van der Waals surface area contributed by atoms with Crippen molar-refractivity contribution < 1.29 is 0 Å². The van der Waals surface area contributed by atoms with E-state index < -0.39 is 0 Å². The van der Waals surface area contributed by atoms with Gasteiger partial charge in [0, 0.05) is 32.0 Å². The Bertz CT molecular complexity index is 546. The molecule has 2 aromatic heterocycles. The Morgan fingerprint density at radius 1 is 1.15 bits per heavy atom. The van der Waals surface area contributed by atoms with Crippen molar-refractivity contribution in [1.82, 2.24) is 5.32 Å². The molecule has 2 heterocycles. The highest BCUT2D eigenvalue weighted by molar-refractivity contribution is 7.12. The van der Waals surface area contributed by atoms with E-state index in [0.29, 0.717) is 6.04 Å². The van der Waals surface area contributed by atoms with Crippen LogP contribution >= 0.6 is 22.7 Å². The third-order valence-electron chi connectivity index (χ3n) is 4.03. The van der Waals surface area contributed by atoms with E-state index in [9.17, 15) is 0 Å². The van der Waals surface area contributed by atoms with Crippen LogP contribution in [0, 0.1) is 0 Å². The van der Waals surface area contributed by atoms with Crippen molar-refractivity contribution >= 4 is 22.7 Å². The average molecular weight is 306 g/mol. The molecule has 1 unspecified atom stereocenters. The zero-order chi connectivity index (χ0) is 13.9. The molecule has 1 nitrogen and oxygen atoms in total. The summed E-state index contributed by atoms with van der Waals surface area (Å²) in [6, 6.07) is 7.57. The number of thiophene rings is 2. The van der Waals surface area contributed by atoms with Gasteiger partial charge in [-0.2, -0.15) is 0 Å². The fourth-order valence-corrected chi connectivity index (χ4v) is 5.30. The molecule has 0 amide bonds. The maximum Gasteiger partial charge on any atom is 0.0463 e. The molecule has 1 N–H and O–H groups in total. The van der Waals surface area contributed by atoms with Crippen molar-refractivity contribution in [3.05, 3.63) is 43.3 Å². The first-order chi connectivity index (χ1) is 9.80. The molecule has 2 aromatic rings. The molecule has 0 saturated heterocycles. The predicted octanol–water partition coefficient (Wildman–Crippen LogP) is 4.75. The molecule has 108 valence electrons. The second kappa shape index (κ2) is 6.42. The zero-order valence-electron chi connectivity index (χ0n) is 12.4. The van der Waals surface area contributed by atoms with E-state index in [1.165, 1.54) is 29.0 Å². The van der Waals surface area contributed by atoms with E-state index in [1.54, 1.807) is 15.3 Å². The fourth-order valence-electron chi connectivity index (χ4n) is 2.97. The van der Waals surface area contributed by atoms with Gasteiger partial charge >= 0.3 is 0 Å². The molecule has 1 aliphatic rings. The van der Waals surface area contributed by atoms with Crippen LogP contribution in [-0.4, -0.2) is 6.54 Å². The summed E-state index contributed by atoms with van der Waals surface area (Å²) < 4.78 is 0. The molecule has 0 bridgehead atoms. The summed E-state index contributed by atoms with van der Waals surface area (Å²) in [5.41, 5.74) is 1.62. The Morgan fingerprint density at radius 2 is 2.00 bits per heavy atom. The number of fused-ring (bicyclic) bond motifs is 1. The SMILES string of the molecule is CCNC(Cc1ccc(CC)s1)c1cc2c(s1)CCC2. The largest absolute Gasteiger partial charge is 0.309 e. The molecule has 0 spiro atoms. The monoisotopic (exact) mass is 305 g/mol. The van der Waals surface area contributed by atoms with Crippen LogP contribution in [0.2, 0.25) is 0 Å². The van der Waals surface area contributed by atoms with Crippen LogP contribution in [0.3, 0.4) is 0 Å².